The quantitative estimate of drug-likeness (QED) is 0.782. The van der Waals surface area contributed by atoms with Crippen molar-refractivity contribution < 1.29 is 5.11 Å². The normalized spacial score (nSPS) is 24.5. The lowest BCUT2D eigenvalue weighted by atomic mass is 10.1. The molecular weight excluding hydrogens is 302 g/mol. The highest BCUT2D eigenvalue weighted by molar-refractivity contribution is 6.30. The zero-order chi connectivity index (χ0) is 15.5. The van der Waals surface area contributed by atoms with Crippen LogP contribution in [0.2, 0.25) is 5.02 Å². The van der Waals surface area contributed by atoms with Crippen molar-refractivity contribution in [3.63, 3.8) is 0 Å². The maximum absolute atomic E-state index is 10.2. The van der Waals surface area contributed by atoms with Crippen molar-refractivity contribution in [3.05, 3.63) is 40.9 Å². The summed E-state index contributed by atoms with van der Waals surface area (Å²) in [4.78, 5) is 3.05. The maximum atomic E-state index is 10.2. The molecule has 1 saturated carbocycles. The summed E-state index contributed by atoms with van der Waals surface area (Å²) < 4.78 is 1.83. The molecule has 2 heterocycles. The second kappa shape index (κ2) is 6.53. The molecule has 22 heavy (non-hydrogen) atoms. The molecule has 7 heteroatoms. The topological polar surface area (TPSA) is 89.7 Å². The lowest BCUT2D eigenvalue weighted by molar-refractivity contribution is 0.145. The predicted molar refractivity (Wildman–Crippen MR) is 82.1 cm³/mol. The molecule has 1 fully saturated rings. The van der Waals surface area contributed by atoms with E-state index in [0.717, 1.165) is 25.1 Å². The van der Waals surface area contributed by atoms with Gasteiger partial charge in [-0.3, -0.25) is 4.68 Å². The fourth-order valence-corrected chi connectivity index (χ4v) is 3.19. The van der Waals surface area contributed by atoms with Crippen molar-refractivity contribution in [3.8, 4) is 6.07 Å². The Kier molecular flexibility index (Phi) is 4.48. The Morgan fingerprint density at radius 3 is 3.09 bits per heavy atom. The minimum absolute atomic E-state index is 0.0601. The standard InChI is InChI=1S/C15H18ClN5O/c16-12-6-20-21(9-12)8-10-2-14(15(22)3-10)19-7-13-1-11(4-17)5-18-13/h1,5-6,9-10,14-15,18-19,22H,2-3,7-8H2/t10?,14-,15-/m1/s1. The lowest BCUT2D eigenvalue weighted by Crippen LogP contribution is -2.35. The van der Waals surface area contributed by atoms with Crippen LogP contribution in [0.15, 0.2) is 24.7 Å². The third-order valence-electron chi connectivity index (χ3n) is 4.10. The molecule has 1 unspecified atom stereocenters. The van der Waals surface area contributed by atoms with E-state index in [9.17, 15) is 5.11 Å². The van der Waals surface area contributed by atoms with Crippen molar-refractivity contribution >= 4 is 11.6 Å². The Labute approximate surface area is 133 Å². The zero-order valence-electron chi connectivity index (χ0n) is 12.0. The average molecular weight is 320 g/mol. The maximum Gasteiger partial charge on any atom is 0.101 e. The van der Waals surface area contributed by atoms with Gasteiger partial charge in [-0.2, -0.15) is 10.4 Å². The summed E-state index contributed by atoms with van der Waals surface area (Å²) in [6, 6.07) is 3.97. The molecule has 3 N–H and O–H groups in total. The van der Waals surface area contributed by atoms with Gasteiger partial charge in [-0.15, -0.1) is 0 Å². The lowest BCUT2D eigenvalue weighted by Gasteiger charge is -2.15. The minimum Gasteiger partial charge on any atom is -0.391 e. The molecule has 2 aromatic rings. The second-order valence-corrected chi connectivity index (χ2v) is 6.23. The molecule has 1 aliphatic rings. The Balaban J connectivity index is 1.51. The first-order valence-electron chi connectivity index (χ1n) is 7.31. The van der Waals surface area contributed by atoms with Crippen LogP contribution < -0.4 is 5.32 Å². The van der Waals surface area contributed by atoms with Crippen LogP contribution in [0.4, 0.5) is 0 Å². The number of hydrogen-bond acceptors (Lipinski definition) is 4. The number of halogens is 1. The third-order valence-corrected chi connectivity index (χ3v) is 4.30. The molecule has 0 amide bonds. The molecular formula is C15H18ClN5O. The van der Waals surface area contributed by atoms with E-state index < -0.39 is 0 Å². The third kappa shape index (κ3) is 3.50. The summed E-state index contributed by atoms with van der Waals surface area (Å²) in [5, 5.41) is 27.2. The molecule has 0 spiro atoms. The van der Waals surface area contributed by atoms with Crippen LogP contribution in [0.3, 0.4) is 0 Å². The number of aromatic amines is 1. The number of aliphatic hydroxyl groups is 1. The first-order valence-corrected chi connectivity index (χ1v) is 7.68. The first kappa shape index (κ1) is 15.1. The summed E-state index contributed by atoms with van der Waals surface area (Å²) in [5.41, 5.74) is 1.57. The Bertz CT molecular complexity index is 674. The molecule has 2 aromatic heterocycles. The monoisotopic (exact) mass is 319 g/mol. The van der Waals surface area contributed by atoms with Crippen LogP contribution in [-0.2, 0) is 13.1 Å². The van der Waals surface area contributed by atoms with E-state index in [1.165, 1.54) is 0 Å². The van der Waals surface area contributed by atoms with E-state index in [1.807, 2.05) is 10.7 Å². The van der Waals surface area contributed by atoms with E-state index in [-0.39, 0.29) is 12.1 Å². The highest BCUT2D eigenvalue weighted by atomic mass is 35.5. The van der Waals surface area contributed by atoms with Gasteiger partial charge in [-0.05, 0) is 24.8 Å². The number of aliphatic hydroxyl groups excluding tert-OH is 1. The first-order chi connectivity index (χ1) is 10.6. The molecule has 0 bridgehead atoms. The zero-order valence-corrected chi connectivity index (χ0v) is 12.8. The Morgan fingerprint density at radius 2 is 2.41 bits per heavy atom. The van der Waals surface area contributed by atoms with Gasteiger partial charge in [0.15, 0.2) is 0 Å². The van der Waals surface area contributed by atoms with Gasteiger partial charge in [0.1, 0.15) is 6.07 Å². The highest BCUT2D eigenvalue weighted by Crippen LogP contribution is 2.28. The van der Waals surface area contributed by atoms with Gasteiger partial charge in [0.05, 0.1) is 22.9 Å². The number of H-pyrrole nitrogens is 1. The number of nitrogens with zero attached hydrogens (tertiary/aromatic N) is 3. The van der Waals surface area contributed by atoms with Gasteiger partial charge in [-0.1, -0.05) is 11.6 Å². The highest BCUT2D eigenvalue weighted by Gasteiger charge is 2.32. The van der Waals surface area contributed by atoms with Gasteiger partial charge in [0.2, 0.25) is 0 Å². The fraction of sp³-hybridized carbons (Fsp3) is 0.467. The van der Waals surface area contributed by atoms with E-state index in [0.29, 0.717) is 23.0 Å². The molecule has 3 rings (SSSR count). The smallest absolute Gasteiger partial charge is 0.101 e. The van der Waals surface area contributed by atoms with Gasteiger partial charge >= 0.3 is 0 Å². The number of nitrogens with one attached hydrogen (secondary N) is 2. The molecule has 0 saturated heterocycles. The van der Waals surface area contributed by atoms with E-state index in [1.54, 1.807) is 18.6 Å². The van der Waals surface area contributed by atoms with Crippen LogP contribution in [-0.4, -0.2) is 32.0 Å². The Hall–Kier alpha value is -1.81. The summed E-state index contributed by atoms with van der Waals surface area (Å²) in [6.07, 6.45) is 6.40. The molecule has 0 radical (unpaired) electrons. The molecule has 3 atom stereocenters. The van der Waals surface area contributed by atoms with Crippen molar-refractivity contribution in [1.29, 1.82) is 5.26 Å². The number of nitriles is 1. The predicted octanol–water partition coefficient (Wildman–Crippen LogP) is 1.67. The van der Waals surface area contributed by atoms with E-state index in [2.05, 4.69) is 21.5 Å². The van der Waals surface area contributed by atoms with Gasteiger partial charge in [0, 0.05) is 37.2 Å². The summed E-state index contributed by atoms with van der Waals surface area (Å²) in [6.45, 7) is 1.38. The van der Waals surface area contributed by atoms with Crippen molar-refractivity contribution in [1.82, 2.24) is 20.1 Å². The molecule has 116 valence electrons. The Morgan fingerprint density at radius 1 is 1.55 bits per heavy atom. The number of rotatable bonds is 5. The summed E-state index contributed by atoms with van der Waals surface area (Å²) >= 11 is 5.86. The van der Waals surface area contributed by atoms with Crippen molar-refractivity contribution in [2.24, 2.45) is 5.92 Å². The number of hydrogen-bond donors (Lipinski definition) is 3. The van der Waals surface area contributed by atoms with Crippen LogP contribution in [0.5, 0.6) is 0 Å². The second-order valence-electron chi connectivity index (χ2n) is 5.80. The average Bonchev–Trinajstić information content (AvgIpc) is 3.18. The van der Waals surface area contributed by atoms with Gasteiger partial charge < -0.3 is 15.4 Å². The van der Waals surface area contributed by atoms with Gasteiger partial charge in [0.25, 0.3) is 0 Å². The SMILES string of the molecule is N#Cc1c[nH]c(CN[C@@H]2CC(Cn3cc(Cl)cn3)C[C@H]2O)c1. The van der Waals surface area contributed by atoms with Crippen LogP contribution in [0.1, 0.15) is 24.1 Å². The molecule has 1 aliphatic carbocycles. The summed E-state index contributed by atoms with van der Waals surface area (Å²) in [7, 11) is 0. The van der Waals surface area contributed by atoms with Crippen LogP contribution in [0, 0.1) is 17.2 Å². The van der Waals surface area contributed by atoms with Crippen LogP contribution >= 0.6 is 11.6 Å². The van der Waals surface area contributed by atoms with Crippen LogP contribution in [0.25, 0.3) is 0 Å². The molecule has 6 nitrogen and oxygen atoms in total. The molecule has 0 aliphatic heterocycles. The van der Waals surface area contributed by atoms with E-state index in [4.69, 9.17) is 16.9 Å². The van der Waals surface area contributed by atoms with E-state index >= 15 is 0 Å². The van der Waals surface area contributed by atoms with Crippen molar-refractivity contribution in [2.45, 2.75) is 38.1 Å². The fourth-order valence-electron chi connectivity index (χ4n) is 3.04. The van der Waals surface area contributed by atoms with Gasteiger partial charge in [-0.25, -0.2) is 0 Å². The largest absolute Gasteiger partial charge is 0.391 e. The summed E-state index contributed by atoms with van der Waals surface area (Å²) in [5.74, 6) is 0.377. The number of aromatic nitrogens is 3. The molecule has 0 aromatic carbocycles. The minimum atomic E-state index is -0.360. The van der Waals surface area contributed by atoms with Crippen molar-refractivity contribution in [2.75, 3.05) is 0 Å².